The monoisotopic (exact) mass is 237 g/mol. The van der Waals surface area contributed by atoms with E-state index in [2.05, 4.69) is 29.0 Å². The molecule has 0 unspecified atom stereocenters. The molecule has 17 heavy (non-hydrogen) atoms. The number of hydrogen-bond acceptors (Lipinski definition) is 3. The van der Waals surface area contributed by atoms with Gasteiger partial charge in [0.25, 0.3) is 0 Å². The molecule has 3 nitrogen and oxygen atoms in total. The smallest absolute Gasteiger partial charge is 0.0346 e. The Hall–Kier alpha value is -0.120. The highest BCUT2D eigenvalue weighted by atomic mass is 15.3. The molecular weight excluding hydrogens is 210 g/mol. The first kappa shape index (κ1) is 11.9. The molecule has 2 saturated heterocycles. The summed E-state index contributed by atoms with van der Waals surface area (Å²) < 4.78 is 0. The predicted octanol–water partition coefficient (Wildman–Crippen LogP) is 1.01. The maximum absolute atomic E-state index is 3.38. The fourth-order valence-corrected chi connectivity index (χ4v) is 3.47. The average Bonchev–Trinajstić information content (AvgIpc) is 2.15. The van der Waals surface area contributed by atoms with Crippen LogP contribution in [0.4, 0.5) is 0 Å². The quantitative estimate of drug-likeness (QED) is 0.790. The lowest BCUT2D eigenvalue weighted by Crippen LogP contribution is -2.63. The van der Waals surface area contributed by atoms with Crippen LogP contribution in [0.2, 0.25) is 0 Å². The van der Waals surface area contributed by atoms with Gasteiger partial charge in [-0.05, 0) is 24.7 Å². The minimum absolute atomic E-state index is 0.849. The van der Waals surface area contributed by atoms with Crippen LogP contribution in [0.25, 0.3) is 0 Å². The number of nitrogens with zero attached hydrogens (tertiary/aromatic N) is 2. The molecule has 98 valence electrons. The molecule has 0 aromatic heterocycles. The molecule has 0 radical (unpaired) electrons. The second-order valence-corrected chi connectivity index (χ2v) is 6.51. The van der Waals surface area contributed by atoms with Crippen LogP contribution in [0.1, 0.15) is 26.7 Å². The van der Waals surface area contributed by atoms with E-state index in [1.165, 1.54) is 52.1 Å². The summed E-state index contributed by atoms with van der Waals surface area (Å²) >= 11 is 0. The highest BCUT2D eigenvalue weighted by Crippen LogP contribution is 2.37. The van der Waals surface area contributed by atoms with E-state index < -0.39 is 0 Å². The normalized spacial score (nSPS) is 36.9. The zero-order chi connectivity index (χ0) is 11.8. The molecular formula is C14H27N3. The van der Waals surface area contributed by atoms with Crippen LogP contribution in [0.5, 0.6) is 0 Å². The molecule has 0 spiro atoms. The summed E-state index contributed by atoms with van der Waals surface area (Å²) in [5.41, 5.74) is 0. The summed E-state index contributed by atoms with van der Waals surface area (Å²) in [6.07, 6.45) is 2.92. The third-order valence-electron chi connectivity index (χ3n) is 5.23. The second kappa shape index (κ2) is 4.87. The molecule has 0 aromatic carbocycles. The van der Waals surface area contributed by atoms with Crippen LogP contribution in [0.3, 0.4) is 0 Å². The van der Waals surface area contributed by atoms with Crippen molar-refractivity contribution >= 4 is 0 Å². The first-order valence-electron chi connectivity index (χ1n) is 7.43. The van der Waals surface area contributed by atoms with Crippen LogP contribution in [0, 0.1) is 11.8 Å². The highest BCUT2D eigenvalue weighted by molar-refractivity contribution is 4.93. The molecule has 0 amide bonds. The lowest BCUT2D eigenvalue weighted by atomic mass is 9.73. The van der Waals surface area contributed by atoms with Gasteiger partial charge in [-0.3, -0.25) is 9.80 Å². The van der Waals surface area contributed by atoms with Crippen LogP contribution in [0.15, 0.2) is 0 Å². The third kappa shape index (κ3) is 2.38. The molecule has 0 aromatic rings. The molecule has 0 atom stereocenters. The van der Waals surface area contributed by atoms with Gasteiger partial charge in [0, 0.05) is 51.4 Å². The van der Waals surface area contributed by atoms with Crippen molar-refractivity contribution < 1.29 is 0 Å². The summed E-state index contributed by atoms with van der Waals surface area (Å²) in [4.78, 5) is 5.44. The topological polar surface area (TPSA) is 18.5 Å². The van der Waals surface area contributed by atoms with Crippen LogP contribution >= 0.6 is 0 Å². The second-order valence-electron chi connectivity index (χ2n) is 6.51. The van der Waals surface area contributed by atoms with Crippen molar-refractivity contribution in [3.8, 4) is 0 Å². The fraction of sp³-hybridized carbons (Fsp3) is 1.00. The number of nitrogens with one attached hydrogen (secondary N) is 1. The molecule has 1 N–H and O–H groups in total. The Morgan fingerprint density at radius 2 is 1.41 bits per heavy atom. The van der Waals surface area contributed by atoms with Crippen molar-refractivity contribution in [1.82, 2.24) is 15.1 Å². The summed E-state index contributed by atoms with van der Waals surface area (Å²) in [6.45, 7) is 12.4. The molecule has 1 aliphatic carbocycles. The van der Waals surface area contributed by atoms with E-state index in [1.54, 1.807) is 0 Å². The fourth-order valence-electron chi connectivity index (χ4n) is 3.47. The van der Waals surface area contributed by atoms with Crippen LogP contribution in [-0.2, 0) is 0 Å². The molecule has 0 bridgehead atoms. The molecule has 3 heteroatoms. The maximum atomic E-state index is 3.38. The van der Waals surface area contributed by atoms with Gasteiger partial charge in [0.15, 0.2) is 0 Å². The molecule has 1 saturated carbocycles. The highest BCUT2D eigenvalue weighted by Gasteiger charge is 2.37. The number of piperazine rings is 1. The van der Waals surface area contributed by atoms with Gasteiger partial charge in [0.05, 0.1) is 0 Å². The maximum Gasteiger partial charge on any atom is 0.0346 e. The van der Waals surface area contributed by atoms with Crippen LogP contribution in [-0.4, -0.2) is 61.2 Å². The lowest BCUT2D eigenvalue weighted by Gasteiger charge is -2.50. The van der Waals surface area contributed by atoms with Crippen LogP contribution < -0.4 is 5.32 Å². The Balaban J connectivity index is 1.40. The van der Waals surface area contributed by atoms with Crippen molar-refractivity contribution in [2.75, 3.05) is 39.3 Å². The Kier molecular flexibility index (Phi) is 3.42. The van der Waals surface area contributed by atoms with E-state index in [0.717, 1.165) is 23.9 Å². The van der Waals surface area contributed by atoms with E-state index >= 15 is 0 Å². The standard InChI is InChI=1S/C14H27N3/c1-11(2)12-7-13(8-12)16-3-5-17(6-4-16)14-9-15-10-14/h11-15H,3-10H2,1-2H3. The Bertz CT molecular complexity index is 248. The summed E-state index contributed by atoms with van der Waals surface area (Å²) in [5.74, 6) is 1.91. The van der Waals surface area contributed by atoms with Gasteiger partial charge in [0.1, 0.15) is 0 Å². The van der Waals surface area contributed by atoms with Crippen molar-refractivity contribution in [2.45, 2.75) is 38.8 Å². The van der Waals surface area contributed by atoms with Crippen molar-refractivity contribution in [3.05, 3.63) is 0 Å². The van der Waals surface area contributed by atoms with Gasteiger partial charge < -0.3 is 5.32 Å². The Labute approximate surface area is 106 Å². The number of hydrogen-bond donors (Lipinski definition) is 1. The van der Waals surface area contributed by atoms with E-state index in [4.69, 9.17) is 0 Å². The van der Waals surface area contributed by atoms with E-state index in [1.807, 2.05) is 0 Å². The zero-order valence-corrected chi connectivity index (χ0v) is 11.4. The van der Waals surface area contributed by atoms with Gasteiger partial charge in [-0.1, -0.05) is 13.8 Å². The molecule has 3 rings (SSSR count). The van der Waals surface area contributed by atoms with Crippen molar-refractivity contribution in [3.63, 3.8) is 0 Å². The minimum Gasteiger partial charge on any atom is -0.314 e. The van der Waals surface area contributed by atoms with Gasteiger partial charge >= 0.3 is 0 Å². The third-order valence-corrected chi connectivity index (χ3v) is 5.23. The Morgan fingerprint density at radius 3 is 1.82 bits per heavy atom. The average molecular weight is 237 g/mol. The number of rotatable bonds is 3. The van der Waals surface area contributed by atoms with Gasteiger partial charge in [0.2, 0.25) is 0 Å². The van der Waals surface area contributed by atoms with Gasteiger partial charge in [-0.15, -0.1) is 0 Å². The summed E-state index contributed by atoms with van der Waals surface area (Å²) in [5, 5.41) is 3.38. The molecule has 3 fully saturated rings. The molecule has 2 heterocycles. The largest absolute Gasteiger partial charge is 0.314 e. The van der Waals surface area contributed by atoms with E-state index in [9.17, 15) is 0 Å². The van der Waals surface area contributed by atoms with Gasteiger partial charge in [-0.25, -0.2) is 0 Å². The molecule has 3 aliphatic rings. The van der Waals surface area contributed by atoms with E-state index in [0.29, 0.717) is 0 Å². The summed E-state index contributed by atoms with van der Waals surface area (Å²) in [6, 6.07) is 1.77. The van der Waals surface area contributed by atoms with Crippen molar-refractivity contribution in [1.29, 1.82) is 0 Å². The first-order chi connectivity index (χ1) is 8.24. The Morgan fingerprint density at radius 1 is 0.882 bits per heavy atom. The SMILES string of the molecule is CC(C)C1CC(N2CCN(C3CNC3)CC2)C1. The first-order valence-corrected chi connectivity index (χ1v) is 7.43. The summed E-state index contributed by atoms with van der Waals surface area (Å²) in [7, 11) is 0. The molecule has 2 aliphatic heterocycles. The van der Waals surface area contributed by atoms with Crippen molar-refractivity contribution in [2.24, 2.45) is 11.8 Å². The van der Waals surface area contributed by atoms with E-state index in [-0.39, 0.29) is 0 Å². The lowest BCUT2D eigenvalue weighted by molar-refractivity contribution is 0.00168. The zero-order valence-electron chi connectivity index (χ0n) is 11.4. The van der Waals surface area contributed by atoms with Gasteiger partial charge in [-0.2, -0.15) is 0 Å². The minimum atomic E-state index is 0.849. The predicted molar refractivity (Wildman–Crippen MR) is 71.2 cm³/mol.